The average Bonchev–Trinajstić information content (AvgIpc) is 2.83. The van der Waals surface area contributed by atoms with Crippen molar-refractivity contribution < 1.29 is 19.1 Å². The van der Waals surface area contributed by atoms with Crippen LogP contribution in [0.25, 0.3) is 0 Å². The summed E-state index contributed by atoms with van der Waals surface area (Å²) in [6, 6.07) is 17.7. The van der Waals surface area contributed by atoms with Crippen molar-refractivity contribution in [3.8, 4) is 0 Å². The summed E-state index contributed by atoms with van der Waals surface area (Å²) in [6.07, 6.45) is 3.88. The number of fused-ring (bicyclic) bond motifs is 1. The number of benzene rings is 2. The van der Waals surface area contributed by atoms with Crippen LogP contribution in [-0.2, 0) is 31.0 Å². The van der Waals surface area contributed by atoms with E-state index in [4.69, 9.17) is 4.74 Å². The van der Waals surface area contributed by atoms with Gasteiger partial charge in [0.05, 0.1) is 11.5 Å². The second-order valence-corrected chi connectivity index (χ2v) is 8.74. The maximum atomic E-state index is 13.3. The van der Waals surface area contributed by atoms with Crippen molar-refractivity contribution in [3.05, 3.63) is 71.3 Å². The zero-order valence-corrected chi connectivity index (χ0v) is 18.5. The molecule has 6 nitrogen and oxygen atoms in total. The molecular weight excluding hydrogens is 404 g/mol. The van der Waals surface area contributed by atoms with Gasteiger partial charge >= 0.3 is 5.97 Å². The Kier molecular flexibility index (Phi) is 6.58. The maximum absolute atomic E-state index is 13.3. The van der Waals surface area contributed by atoms with Crippen LogP contribution in [0.1, 0.15) is 55.3 Å². The van der Waals surface area contributed by atoms with E-state index in [1.54, 1.807) is 11.8 Å². The van der Waals surface area contributed by atoms with Gasteiger partial charge < -0.3 is 15.0 Å². The highest BCUT2D eigenvalue weighted by atomic mass is 16.5. The van der Waals surface area contributed by atoms with Crippen LogP contribution in [0.5, 0.6) is 0 Å². The summed E-state index contributed by atoms with van der Waals surface area (Å²) in [5, 5.41) is 3.04. The van der Waals surface area contributed by atoms with Gasteiger partial charge in [0, 0.05) is 20.0 Å². The molecule has 1 atom stereocenters. The highest BCUT2D eigenvalue weighted by molar-refractivity contribution is 5.87. The molecule has 1 fully saturated rings. The second-order valence-electron chi connectivity index (χ2n) is 8.74. The Labute approximate surface area is 188 Å². The molecule has 0 saturated carbocycles. The molecule has 0 unspecified atom stereocenters. The van der Waals surface area contributed by atoms with E-state index >= 15 is 0 Å². The number of aryl methyl sites for hydroxylation is 1. The van der Waals surface area contributed by atoms with Gasteiger partial charge in [0.1, 0.15) is 0 Å². The lowest BCUT2D eigenvalue weighted by atomic mass is 9.72. The molecule has 1 aliphatic carbocycles. The normalized spacial score (nSPS) is 19.5. The highest BCUT2D eigenvalue weighted by Gasteiger charge is 2.45. The van der Waals surface area contributed by atoms with Crippen molar-refractivity contribution in [1.82, 2.24) is 10.2 Å². The van der Waals surface area contributed by atoms with Gasteiger partial charge in [-0.3, -0.25) is 14.4 Å². The number of piperidine rings is 1. The molecule has 0 bridgehead atoms. The van der Waals surface area contributed by atoms with Crippen molar-refractivity contribution in [2.45, 2.75) is 50.5 Å². The molecule has 2 amide bonds. The first-order chi connectivity index (χ1) is 15.5. The Hall–Kier alpha value is -3.15. The van der Waals surface area contributed by atoms with Crippen LogP contribution in [0.15, 0.2) is 54.6 Å². The quantitative estimate of drug-likeness (QED) is 0.733. The Morgan fingerprint density at radius 3 is 2.44 bits per heavy atom. The van der Waals surface area contributed by atoms with Crippen LogP contribution >= 0.6 is 0 Å². The van der Waals surface area contributed by atoms with Crippen LogP contribution in [-0.4, -0.2) is 42.4 Å². The average molecular weight is 435 g/mol. The molecule has 2 aromatic carbocycles. The summed E-state index contributed by atoms with van der Waals surface area (Å²) in [6.45, 7) is 2.22. The standard InChI is InChI=1S/C26H30N2O4/c1-19(29)28-16-14-26(15-17-28,21-10-3-2-4-11-21)25(31)32-18-24(30)27-23-13-7-9-20-8-5-6-12-22(20)23/h2-6,8,10-12,23H,7,9,13-18H2,1H3,(H,27,30)/t23-/m1/s1. The van der Waals surface area contributed by atoms with E-state index in [1.165, 1.54) is 5.56 Å². The SMILES string of the molecule is CC(=O)N1CCC(C(=O)OCC(=O)N[C@@H]2CCCc3ccccc32)(c2ccccc2)CC1. The third kappa shape index (κ3) is 4.54. The molecule has 1 heterocycles. The summed E-state index contributed by atoms with van der Waals surface area (Å²) in [5.41, 5.74) is 2.44. The topological polar surface area (TPSA) is 75.7 Å². The zero-order chi connectivity index (χ0) is 22.6. The monoisotopic (exact) mass is 434 g/mol. The molecule has 1 saturated heterocycles. The van der Waals surface area contributed by atoms with Crippen molar-refractivity contribution >= 4 is 17.8 Å². The number of nitrogens with zero attached hydrogens (tertiary/aromatic N) is 1. The van der Waals surface area contributed by atoms with Gasteiger partial charge in [-0.25, -0.2) is 0 Å². The zero-order valence-electron chi connectivity index (χ0n) is 18.5. The smallest absolute Gasteiger partial charge is 0.317 e. The van der Waals surface area contributed by atoms with E-state index in [1.807, 2.05) is 42.5 Å². The van der Waals surface area contributed by atoms with Gasteiger partial charge in [-0.15, -0.1) is 0 Å². The fourth-order valence-electron chi connectivity index (χ4n) is 4.98. The van der Waals surface area contributed by atoms with E-state index in [-0.39, 0.29) is 24.5 Å². The number of carbonyl (C=O) groups is 3. The van der Waals surface area contributed by atoms with Gasteiger partial charge in [-0.1, -0.05) is 54.6 Å². The van der Waals surface area contributed by atoms with Gasteiger partial charge in [-0.2, -0.15) is 0 Å². The number of likely N-dealkylation sites (tertiary alicyclic amines) is 1. The van der Waals surface area contributed by atoms with Crippen LogP contribution in [0.3, 0.4) is 0 Å². The number of amides is 2. The molecule has 1 aliphatic heterocycles. The highest BCUT2D eigenvalue weighted by Crippen LogP contribution is 2.37. The van der Waals surface area contributed by atoms with Crippen molar-refractivity contribution in [1.29, 1.82) is 0 Å². The number of nitrogens with one attached hydrogen (secondary N) is 1. The van der Waals surface area contributed by atoms with Crippen LogP contribution < -0.4 is 5.32 Å². The Balaban J connectivity index is 1.42. The van der Waals surface area contributed by atoms with E-state index in [0.29, 0.717) is 25.9 Å². The van der Waals surface area contributed by atoms with Gasteiger partial charge in [0.15, 0.2) is 6.61 Å². The lowest BCUT2D eigenvalue weighted by Crippen LogP contribution is -2.49. The summed E-state index contributed by atoms with van der Waals surface area (Å²) in [7, 11) is 0. The van der Waals surface area contributed by atoms with Crippen molar-refractivity contribution in [3.63, 3.8) is 0 Å². The van der Waals surface area contributed by atoms with Crippen LogP contribution in [0.2, 0.25) is 0 Å². The van der Waals surface area contributed by atoms with Gasteiger partial charge in [0.25, 0.3) is 5.91 Å². The van der Waals surface area contributed by atoms with Gasteiger partial charge in [-0.05, 0) is 48.8 Å². The minimum Gasteiger partial charge on any atom is -0.455 e. The second kappa shape index (κ2) is 9.55. The Bertz CT molecular complexity index is 980. The molecule has 0 radical (unpaired) electrons. The van der Waals surface area contributed by atoms with Gasteiger partial charge in [0.2, 0.25) is 5.91 Å². The molecule has 2 aliphatic rings. The molecule has 2 aromatic rings. The number of carbonyl (C=O) groups excluding carboxylic acids is 3. The minimum atomic E-state index is -0.842. The van der Waals surface area contributed by atoms with Crippen molar-refractivity contribution in [2.24, 2.45) is 0 Å². The number of esters is 1. The molecule has 1 N–H and O–H groups in total. The van der Waals surface area contributed by atoms with E-state index in [0.717, 1.165) is 30.4 Å². The first kappa shape index (κ1) is 22.1. The Morgan fingerprint density at radius 1 is 1.03 bits per heavy atom. The molecule has 4 rings (SSSR count). The fourth-order valence-corrected chi connectivity index (χ4v) is 4.98. The first-order valence-electron chi connectivity index (χ1n) is 11.3. The molecule has 0 aromatic heterocycles. The summed E-state index contributed by atoms with van der Waals surface area (Å²) in [4.78, 5) is 39.5. The number of hydrogen-bond donors (Lipinski definition) is 1. The lowest BCUT2D eigenvalue weighted by Gasteiger charge is -2.40. The summed E-state index contributed by atoms with van der Waals surface area (Å²) in [5.74, 6) is -0.678. The lowest BCUT2D eigenvalue weighted by molar-refractivity contribution is -0.157. The van der Waals surface area contributed by atoms with E-state index < -0.39 is 11.4 Å². The number of ether oxygens (including phenoxy) is 1. The third-order valence-electron chi connectivity index (χ3n) is 6.82. The maximum Gasteiger partial charge on any atom is 0.317 e. The summed E-state index contributed by atoms with van der Waals surface area (Å²) >= 11 is 0. The molecule has 32 heavy (non-hydrogen) atoms. The molecule has 0 spiro atoms. The Morgan fingerprint density at radius 2 is 1.72 bits per heavy atom. The van der Waals surface area contributed by atoms with E-state index in [9.17, 15) is 14.4 Å². The molecule has 6 heteroatoms. The van der Waals surface area contributed by atoms with Crippen LogP contribution in [0.4, 0.5) is 0 Å². The third-order valence-corrected chi connectivity index (χ3v) is 6.82. The number of rotatable bonds is 5. The number of hydrogen-bond acceptors (Lipinski definition) is 4. The van der Waals surface area contributed by atoms with Crippen LogP contribution in [0, 0.1) is 0 Å². The predicted octanol–water partition coefficient (Wildman–Crippen LogP) is 3.30. The summed E-state index contributed by atoms with van der Waals surface area (Å²) < 4.78 is 5.57. The molecular formula is C26H30N2O4. The molecule has 168 valence electrons. The van der Waals surface area contributed by atoms with Crippen molar-refractivity contribution in [2.75, 3.05) is 19.7 Å². The first-order valence-corrected chi connectivity index (χ1v) is 11.3. The fraction of sp³-hybridized carbons (Fsp3) is 0.423. The largest absolute Gasteiger partial charge is 0.455 e. The predicted molar refractivity (Wildman–Crippen MR) is 121 cm³/mol. The minimum absolute atomic E-state index is 0.00664. The van der Waals surface area contributed by atoms with E-state index in [2.05, 4.69) is 17.4 Å².